The monoisotopic (exact) mass is 344 g/mol. The second kappa shape index (κ2) is 7.93. The van der Waals surface area contributed by atoms with Gasteiger partial charge in [-0.1, -0.05) is 0 Å². The Morgan fingerprint density at radius 3 is 2.68 bits per heavy atom. The topological polar surface area (TPSA) is 70.3 Å². The summed E-state index contributed by atoms with van der Waals surface area (Å²) in [5.41, 5.74) is 3.35. The van der Waals surface area contributed by atoms with Crippen LogP contribution in [0.3, 0.4) is 0 Å². The van der Waals surface area contributed by atoms with E-state index in [0.29, 0.717) is 12.5 Å². The van der Waals surface area contributed by atoms with Crippen molar-refractivity contribution in [2.75, 3.05) is 38.7 Å². The molecule has 1 saturated heterocycles. The van der Waals surface area contributed by atoms with Gasteiger partial charge >= 0.3 is 0 Å². The second-order valence-corrected chi connectivity index (χ2v) is 6.95. The lowest BCUT2D eigenvalue weighted by atomic mass is 9.93. The Morgan fingerprint density at radius 1 is 1.24 bits per heavy atom. The van der Waals surface area contributed by atoms with Crippen molar-refractivity contribution in [1.82, 2.24) is 24.6 Å². The summed E-state index contributed by atoms with van der Waals surface area (Å²) in [6.07, 6.45) is 4.06. The number of likely N-dealkylation sites (tertiary alicyclic amines) is 1. The third kappa shape index (κ3) is 4.35. The van der Waals surface area contributed by atoms with Crippen LogP contribution in [0.15, 0.2) is 18.3 Å². The van der Waals surface area contributed by atoms with Crippen LogP contribution in [0.25, 0.3) is 0 Å². The van der Waals surface area contributed by atoms with Crippen LogP contribution in [0.4, 0.5) is 5.95 Å². The lowest BCUT2D eigenvalue weighted by Gasteiger charge is -2.32. The third-order valence-electron chi connectivity index (χ3n) is 4.75. The first-order valence-electron chi connectivity index (χ1n) is 8.93. The van der Waals surface area contributed by atoms with E-state index in [2.05, 4.69) is 32.1 Å². The van der Waals surface area contributed by atoms with Crippen molar-refractivity contribution in [2.24, 2.45) is 0 Å². The standard InChI is InChI=1S/C18H28N6O/c1-14-12-16(21-18(20-14)22(2)3)13-23-8-5-15(6-9-23)17-4-7-19-24(17)10-11-25/h4,7,12,15,25H,5-6,8-11,13H2,1-3H3. The molecule has 0 unspecified atom stereocenters. The molecule has 1 aliphatic rings. The maximum atomic E-state index is 9.17. The summed E-state index contributed by atoms with van der Waals surface area (Å²) in [5.74, 6) is 1.30. The van der Waals surface area contributed by atoms with Crippen LogP contribution in [-0.4, -0.2) is 63.5 Å². The average Bonchev–Trinajstić information content (AvgIpc) is 3.03. The van der Waals surface area contributed by atoms with Crippen LogP contribution >= 0.6 is 0 Å². The quantitative estimate of drug-likeness (QED) is 0.855. The number of aliphatic hydroxyl groups is 1. The van der Waals surface area contributed by atoms with E-state index in [1.165, 1.54) is 5.69 Å². The Balaban J connectivity index is 1.60. The van der Waals surface area contributed by atoms with Crippen molar-refractivity contribution >= 4 is 5.95 Å². The Morgan fingerprint density at radius 2 is 2.00 bits per heavy atom. The molecule has 1 N–H and O–H groups in total. The summed E-state index contributed by atoms with van der Waals surface area (Å²) in [6, 6.07) is 4.17. The van der Waals surface area contributed by atoms with Gasteiger partial charge in [-0.15, -0.1) is 0 Å². The minimum absolute atomic E-state index is 0.134. The number of nitrogens with zero attached hydrogens (tertiary/aromatic N) is 6. The van der Waals surface area contributed by atoms with Crippen molar-refractivity contribution in [3.8, 4) is 0 Å². The molecule has 1 aliphatic heterocycles. The average molecular weight is 344 g/mol. The Kier molecular flexibility index (Phi) is 5.65. The predicted octanol–water partition coefficient (Wildman–Crippen LogP) is 1.42. The number of piperidine rings is 1. The first-order chi connectivity index (χ1) is 12.1. The molecule has 0 spiro atoms. The molecular weight excluding hydrogens is 316 g/mol. The summed E-state index contributed by atoms with van der Waals surface area (Å²) in [6.45, 7) is 5.70. The van der Waals surface area contributed by atoms with Crippen molar-refractivity contribution in [3.05, 3.63) is 35.4 Å². The summed E-state index contributed by atoms with van der Waals surface area (Å²) in [7, 11) is 3.94. The van der Waals surface area contributed by atoms with Crippen molar-refractivity contribution in [2.45, 2.75) is 38.8 Å². The lowest BCUT2D eigenvalue weighted by Crippen LogP contribution is -2.33. The van der Waals surface area contributed by atoms with Gasteiger partial charge in [0.25, 0.3) is 0 Å². The first kappa shape index (κ1) is 17.8. The molecule has 1 fully saturated rings. The van der Waals surface area contributed by atoms with Gasteiger partial charge in [-0.3, -0.25) is 9.58 Å². The van der Waals surface area contributed by atoms with Gasteiger partial charge in [-0.25, -0.2) is 9.97 Å². The number of aliphatic hydroxyl groups excluding tert-OH is 1. The van der Waals surface area contributed by atoms with Crippen LogP contribution in [-0.2, 0) is 13.1 Å². The van der Waals surface area contributed by atoms with Crippen LogP contribution in [0.5, 0.6) is 0 Å². The smallest absolute Gasteiger partial charge is 0.225 e. The fraction of sp³-hybridized carbons (Fsp3) is 0.611. The third-order valence-corrected chi connectivity index (χ3v) is 4.75. The lowest BCUT2D eigenvalue weighted by molar-refractivity contribution is 0.197. The fourth-order valence-corrected chi connectivity index (χ4v) is 3.49. The second-order valence-electron chi connectivity index (χ2n) is 6.95. The maximum absolute atomic E-state index is 9.17. The van der Waals surface area contributed by atoms with Gasteiger partial charge in [0.05, 0.1) is 18.8 Å². The van der Waals surface area contributed by atoms with Crippen LogP contribution in [0.1, 0.15) is 35.8 Å². The van der Waals surface area contributed by atoms with E-state index >= 15 is 0 Å². The van der Waals surface area contributed by atoms with Gasteiger partial charge in [0.2, 0.25) is 5.95 Å². The number of hydrogen-bond donors (Lipinski definition) is 1. The Bertz CT molecular complexity index is 691. The summed E-state index contributed by atoms with van der Waals surface area (Å²) < 4.78 is 1.94. The molecule has 7 heteroatoms. The normalized spacial score (nSPS) is 16.3. The van der Waals surface area contributed by atoms with E-state index in [1.807, 2.05) is 36.8 Å². The molecule has 2 aromatic heterocycles. The highest BCUT2D eigenvalue weighted by Gasteiger charge is 2.23. The van der Waals surface area contributed by atoms with Gasteiger partial charge in [-0.2, -0.15) is 5.10 Å². The highest BCUT2D eigenvalue weighted by atomic mass is 16.3. The number of aryl methyl sites for hydroxylation is 1. The molecule has 2 aromatic rings. The molecule has 0 aliphatic carbocycles. The molecule has 0 radical (unpaired) electrons. The molecule has 3 rings (SSSR count). The first-order valence-corrected chi connectivity index (χ1v) is 8.93. The molecule has 0 bridgehead atoms. The van der Waals surface area contributed by atoms with E-state index in [4.69, 9.17) is 5.11 Å². The molecule has 0 amide bonds. The minimum atomic E-state index is 0.134. The van der Waals surface area contributed by atoms with Crippen molar-refractivity contribution in [1.29, 1.82) is 0 Å². The number of rotatable bonds is 6. The molecule has 0 atom stereocenters. The minimum Gasteiger partial charge on any atom is -0.394 e. The molecule has 3 heterocycles. The summed E-state index contributed by atoms with van der Waals surface area (Å²) >= 11 is 0. The van der Waals surface area contributed by atoms with E-state index < -0.39 is 0 Å². The zero-order chi connectivity index (χ0) is 17.8. The Hall–Kier alpha value is -1.99. The molecule has 136 valence electrons. The molecule has 7 nitrogen and oxygen atoms in total. The van der Waals surface area contributed by atoms with Gasteiger partial charge in [0, 0.05) is 44.1 Å². The number of hydrogen-bond acceptors (Lipinski definition) is 6. The van der Waals surface area contributed by atoms with E-state index in [-0.39, 0.29) is 6.61 Å². The highest BCUT2D eigenvalue weighted by molar-refractivity contribution is 5.29. The molecule has 25 heavy (non-hydrogen) atoms. The molecule has 0 aromatic carbocycles. The van der Waals surface area contributed by atoms with E-state index in [9.17, 15) is 0 Å². The largest absolute Gasteiger partial charge is 0.394 e. The van der Waals surface area contributed by atoms with E-state index in [0.717, 1.165) is 49.8 Å². The molecule has 0 saturated carbocycles. The van der Waals surface area contributed by atoms with Gasteiger partial charge in [-0.05, 0) is 45.0 Å². The summed E-state index contributed by atoms with van der Waals surface area (Å²) in [4.78, 5) is 13.5. The number of anilines is 1. The predicted molar refractivity (Wildman–Crippen MR) is 97.7 cm³/mol. The fourth-order valence-electron chi connectivity index (χ4n) is 3.49. The van der Waals surface area contributed by atoms with Crippen LogP contribution in [0.2, 0.25) is 0 Å². The highest BCUT2D eigenvalue weighted by Crippen LogP contribution is 2.28. The SMILES string of the molecule is Cc1cc(CN2CCC(c3ccnn3CCO)CC2)nc(N(C)C)n1. The maximum Gasteiger partial charge on any atom is 0.225 e. The van der Waals surface area contributed by atoms with Crippen LogP contribution in [0, 0.1) is 6.92 Å². The van der Waals surface area contributed by atoms with Gasteiger partial charge in [0.15, 0.2) is 0 Å². The zero-order valence-corrected chi connectivity index (χ0v) is 15.4. The Labute approximate surface area is 149 Å². The van der Waals surface area contributed by atoms with E-state index in [1.54, 1.807) is 0 Å². The van der Waals surface area contributed by atoms with Crippen LogP contribution < -0.4 is 4.90 Å². The summed E-state index contributed by atoms with van der Waals surface area (Å²) in [5, 5.41) is 13.5. The molecular formula is C18H28N6O. The van der Waals surface area contributed by atoms with Gasteiger partial charge in [0.1, 0.15) is 0 Å². The number of aromatic nitrogens is 4. The van der Waals surface area contributed by atoms with Crippen molar-refractivity contribution < 1.29 is 5.11 Å². The van der Waals surface area contributed by atoms with Gasteiger partial charge < -0.3 is 10.0 Å². The van der Waals surface area contributed by atoms with Crippen molar-refractivity contribution in [3.63, 3.8) is 0 Å². The zero-order valence-electron chi connectivity index (χ0n) is 15.4.